The van der Waals surface area contributed by atoms with Crippen LogP contribution in [0, 0.1) is 5.92 Å². The first-order chi connectivity index (χ1) is 5.86. The van der Waals surface area contributed by atoms with Gasteiger partial charge in [-0.2, -0.15) is 0 Å². The molecule has 1 saturated carbocycles. The zero-order valence-electron chi connectivity index (χ0n) is 7.51. The van der Waals surface area contributed by atoms with Crippen LogP contribution < -0.4 is 10.2 Å². The van der Waals surface area contributed by atoms with Crippen molar-refractivity contribution in [3.05, 3.63) is 0 Å². The van der Waals surface area contributed by atoms with Gasteiger partial charge in [0.2, 0.25) is 0 Å². The first-order valence-corrected chi connectivity index (χ1v) is 5.04. The predicted octanol–water partition coefficient (Wildman–Crippen LogP) is -2.57. The summed E-state index contributed by atoms with van der Waals surface area (Å²) in [6, 6.07) is 0. The Morgan fingerprint density at radius 1 is 1.33 bits per heavy atom. The number of hydrogen-bond donors (Lipinski definition) is 2. The van der Waals surface area contributed by atoms with Crippen molar-refractivity contribution in [3.8, 4) is 0 Å². The summed E-state index contributed by atoms with van der Waals surface area (Å²) in [6.07, 6.45) is 2.33. The number of Topliss-reactive ketones (excluding diaryl/α,β-unsaturated/α-hetero) is 1. The molecule has 0 spiro atoms. The van der Waals surface area contributed by atoms with Gasteiger partial charge in [-0.15, -0.1) is 0 Å². The molecule has 2 aliphatic rings. The Labute approximate surface area is 73.1 Å². The first kappa shape index (κ1) is 8.20. The lowest BCUT2D eigenvalue weighted by atomic mass is 10.2. The fourth-order valence-corrected chi connectivity index (χ4v) is 1.85. The van der Waals surface area contributed by atoms with E-state index in [0.29, 0.717) is 11.7 Å². The van der Waals surface area contributed by atoms with E-state index in [0.717, 1.165) is 19.4 Å². The van der Waals surface area contributed by atoms with E-state index in [1.165, 1.54) is 31.1 Å². The minimum atomic E-state index is 0.461. The lowest BCUT2D eigenvalue weighted by Crippen LogP contribution is -3.21. The summed E-state index contributed by atoms with van der Waals surface area (Å²) < 4.78 is 0. The Morgan fingerprint density at radius 3 is 2.58 bits per heavy atom. The van der Waals surface area contributed by atoms with Crippen LogP contribution in [0.2, 0.25) is 0 Å². The SMILES string of the molecule is O=C(C[NH+]1CC[NH2+]CC1)C1CC1. The highest BCUT2D eigenvalue weighted by Crippen LogP contribution is 2.29. The number of quaternary nitrogens is 2. The van der Waals surface area contributed by atoms with E-state index in [-0.39, 0.29) is 0 Å². The van der Waals surface area contributed by atoms with Crippen LogP contribution in [-0.2, 0) is 4.79 Å². The van der Waals surface area contributed by atoms with Gasteiger partial charge in [0.15, 0.2) is 5.78 Å². The normalized spacial score (nSPS) is 25.7. The average Bonchev–Trinajstić information content (AvgIpc) is 2.88. The highest BCUT2D eigenvalue weighted by Gasteiger charge is 2.32. The summed E-state index contributed by atoms with van der Waals surface area (Å²) in [4.78, 5) is 13.0. The summed E-state index contributed by atoms with van der Waals surface area (Å²) in [6.45, 7) is 5.57. The zero-order chi connectivity index (χ0) is 8.39. The number of carbonyl (C=O) groups is 1. The summed E-state index contributed by atoms with van der Waals surface area (Å²) in [5.74, 6) is 0.982. The molecule has 1 aliphatic heterocycles. The number of carbonyl (C=O) groups excluding carboxylic acids is 1. The minimum Gasteiger partial charge on any atom is -0.337 e. The maximum absolute atomic E-state index is 11.4. The van der Waals surface area contributed by atoms with Crippen LogP contribution in [0.3, 0.4) is 0 Å². The summed E-state index contributed by atoms with van der Waals surface area (Å²) >= 11 is 0. The molecule has 3 N–H and O–H groups in total. The van der Waals surface area contributed by atoms with Crippen LogP contribution in [0.15, 0.2) is 0 Å². The van der Waals surface area contributed by atoms with Gasteiger partial charge in [0.25, 0.3) is 0 Å². The predicted molar refractivity (Wildman–Crippen MR) is 45.0 cm³/mol. The minimum absolute atomic E-state index is 0.461. The average molecular weight is 170 g/mol. The van der Waals surface area contributed by atoms with Crippen LogP contribution >= 0.6 is 0 Å². The van der Waals surface area contributed by atoms with Crippen LogP contribution in [0.5, 0.6) is 0 Å². The molecule has 0 bridgehead atoms. The second kappa shape index (κ2) is 3.54. The van der Waals surface area contributed by atoms with E-state index < -0.39 is 0 Å². The Kier molecular flexibility index (Phi) is 2.42. The van der Waals surface area contributed by atoms with Crippen molar-refractivity contribution in [2.24, 2.45) is 5.92 Å². The molecule has 1 heterocycles. The number of nitrogens with two attached hydrogens (primary N) is 1. The number of rotatable bonds is 3. The van der Waals surface area contributed by atoms with Crippen molar-refractivity contribution in [3.63, 3.8) is 0 Å². The van der Waals surface area contributed by atoms with Crippen LogP contribution in [0.4, 0.5) is 0 Å². The topological polar surface area (TPSA) is 38.1 Å². The second-order valence-corrected chi connectivity index (χ2v) is 4.03. The molecule has 0 aromatic carbocycles. The summed E-state index contributed by atoms with van der Waals surface area (Å²) in [5, 5.41) is 2.34. The number of nitrogens with one attached hydrogen (secondary N) is 1. The van der Waals surface area contributed by atoms with Gasteiger partial charge in [0.1, 0.15) is 32.7 Å². The van der Waals surface area contributed by atoms with Gasteiger partial charge in [-0.1, -0.05) is 0 Å². The molecular weight excluding hydrogens is 152 g/mol. The zero-order valence-corrected chi connectivity index (χ0v) is 7.51. The molecular formula is C9H18N2O+2. The lowest BCUT2D eigenvalue weighted by Gasteiger charge is -2.21. The molecule has 2 fully saturated rings. The molecule has 0 unspecified atom stereocenters. The third-order valence-corrected chi connectivity index (χ3v) is 2.86. The van der Waals surface area contributed by atoms with Crippen LogP contribution in [0.25, 0.3) is 0 Å². The monoisotopic (exact) mass is 170 g/mol. The second-order valence-electron chi connectivity index (χ2n) is 4.03. The molecule has 68 valence electrons. The molecule has 1 aliphatic carbocycles. The number of hydrogen-bond acceptors (Lipinski definition) is 1. The Morgan fingerprint density at radius 2 is 2.00 bits per heavy atom. The van der Waals surface area contributed by atoms with Crippen molar-refractivity contribution in [2.75, 3.05) is 32.7 Å². The van der Waals surface area contributed by atoms with Crippen LogP contribution in [-0.4, -0.2) is 38.5 Å². The molecule has 3 heteroatoms. The van der Waals surface area contributed by atoms with E-state index in [1.54, 1.807) is 0 Å². The summed E-state index contributed by atoms with van der Waals surface area (Å²) in [5.41, 5.74) is 0. The van der Waals surface area contributed by atoms with Gasteiger partial charge >= 0.3 is 0 Å². The van der Waals surface area contributed by atoms with E-state index in [4.69, 9.17) is 0 Å². The van der Waals surface area contributed by atoms with Crippen molar-refractivity contribution < 1.29 is 15.0 Å². The maximum atomic E-state index is 11.4. The van der Waals surface area contributed by atoms with E-state index in [9.17, 15) is 4.79 Å². The maximum Gasteiger partial charge on any atom is 0.189 e. The standard InChI is InChI=1S/C9H16N2O/c12-9(8-1-2-8)7-11-5-3-10-4-6-11/h8,10H,1-7H2/p+2. The van der Waals surface area contributed by atoms with Crippen molar-refractivity contribution >= 4 is 5.78 Å². The van der Waals surface area contributed by atoms with E-state index in [1.807, 2.05) is 0 Å². The van der Waals surface area contributed by atoms with Crippen molar-refractivity contribution in [1.29, 1.82) is 0 Å². The molecule has 0 atom stereocenters. The third-order valence-electron chi connectivity index (χ3n) is 2.86. The highest BCUT2D eigenvalue weighted by molar-refractivity contribution is 5.83. The van der Waals surface area contributed by atoms with Gasteiger partial charge in [0, 0.05) is 5.92 Å². The molecule has 2 rings (SSSR count). The fraction of sp³-hybridized carbons (Fsp3) is 0.889. The molecule has 3 nitrogen and oxygen atoms in total. The largest absolute Gasteiger partial charge is 0.337 e. The van der Waals surface area contributed by atoms with Crippen molar-refractivity contribution in [1.82, 2.24) is 0 Å². The Bertz CT molecular complexity index is 171. The molecule has 0 amide bonds. The smallest absolute Gasteiger partial charge is 0.189 e. The molecule has 0 aromatic rings. The Hall–Kier alpha value is -0.410. The van der Waals surface area contributed by atoms with Gasteiger partial charge in [-0.3, -0.25) is 4.79 Å². The lowest BCUT2D eigenvalue weighted by molar-refractivity contribution is -0.940. The van der Waals surface area contributed by atoms with Gasteiger partial charge < -0.3 is 10.2 Å². The molecule has 0 radical (unpaired) electrons. The molecule has 1 saturated heterocycles. The quantitative estimate of drug-likeness (QED) is 0.480. The first-order valence-electron chi connectivity index (χ1n) is 5.04. The number of ketones is 1. The molecule has 12 heavy (non-hydrogen) atoms. The van der Waals surface area contributed by atoms with E-state index >= 15 is 0 Å². The van der Waals surface area contributed by atoms with Gasteiger partial charge in [-0.05, 0) is 12.8 Å². The van der Waals surface area contributed by atoms with Gasteiger partial charge in [-0.25, -0.2) is 0 Å². The van der Waals surface area contributed by atoms with Crippen molar-refractivity contribution in [2.45, 2.75) is 12.8 Å². The van der Waals surface area contributed by atoms with Crippen LogP contribution in [0.1, 0.15) is 12.8 Å². The molecule has 0 aromatic heterocycles. The Balaban J connectivity index is 1.73. The summed E-state index contributed by atoms with van der Waals surface area (Å²) in [7, 11) is 0. The van der Waals surface area contributed by atoms with E-state index in [2.05, 4.69) is 5.32 Å². The number of piperazine rings is 1. The van der Waals surface area contributed by atoms with Gasteiger partial charge in [0.05, 0.1) is 0 Å². The fourth-order valence-electron chi connectivity index (χ4n) is 1.85. The highest BCUT2D eigenvalue weighted by atomic mass is 16.1. The third kappa shape index (κ3) is 2.05.